The Labute approximate surface area is 64.7 Å². The lowest BCUT2D eigenvalue weighted by atomic mass is 10.3. The lowest BCUT2D eigenvalue weighted by Crippen LogP contribution is -2.01. The van der Waals surface area contributed by atoms with E-state index in [1.165, 1.54) is 0 Å². The summed E-state index contributed by atoms with van der Waals surface area (Å²) in [6, 6.07) is 2.48. The van der Waals surface area contributed by atoms with Gasteiger partial charge in [-0.05, 0) is 6.07 Å². The Morgan fingerprint density at radius 2 is 2.09 bits per heavy atom. The molecular weight excluding hydrogens is 175 g/mol. The fourth-order valence-corrected chi connectivity index (χ4v) is 1.25. The fourth-order valence-electron chi connectivity index (χ4n) is 0.544. The Bertz CT molecular complexity index is 294. The molecule has 0 atom stereocenters. The van der Waals surface area contributed by atoms with Gasteiger partial charge in [0.2, 0.25) is 0 Å². The molecule has 0 amide bonds. The van der Waals surface area contributed by atoms with Crippen molar-refractivity contribution in [2.75, 3.05) is 0 Å². The van der Waals surface area contributed by atoms with Crippen LogP contribution < -0.4 is 0 Å². The summed E-state index contributed by atoms with van der Waals surface area (Å²) in [5.41, 5.74) is -0.751. The molecule has 1 nitrogen and oxygen atoms in total. The topological polar surface area (TPSA) is 23.8 Å². The molecule has 11 heavy (non-hydrogen) atoms. The Hall–Kier alpha value is -1.02. The molecule has 0 aliphatic heterocycles. The molecule has 0 aliphatic rings. The highest BCUT2D eigenvalue weighted by molar-refractivity contribution is 7.10. The summed E-state index contributed by atoms with van der Waals surface area (Å²) in [4.78, 5) is 0.0809. The normalized spacial score (nSPS) is 11.1. The van der Waals surface area contributed by atoms with E-state index in [4.69, 9.17) is 5.26 Å². The Balaban J connectivity index is 3.01. The van der Waals surface area contributed by atoms with Crippen LogP contribution in [0.1, 0.15) is 10.4 Å². The molecule has 0 spiro atoms. The summed E-state index contributed by atoms with van der Waals surface area (Å²) >= 11 is 0.795. The highest BCUT2D eigenvalue weighted by atomic mass is 32.1. The number of halogens is 3. The average molecular weight is 177 g/mol. The van der Waals surface area contributed by atoms with E-state index in [1.54, 1.807) is 6.07 Å². The first-order chi connectivity index (χ1) is 5.04. The third kappa shape index (κ3) is 1.71. The molecule has 0 aliphatic carbocycles. The SMILES string of the molecule is N#Cc1cc(C(F)(F)F)cs1. The zero-order chi connectivity index (χ0) is 8.48. The molecule has 1 rings (SSSR count). The van der Waals surface area contributed by atoms with Gasteiger partial charge >= 0.3 is 6.18 Å². The zero-order valence-electron chi connectivity index (χ0n) is 5.14. The Morgan fingerprint density at radius 1 is 1.45 bits per heavy atom. The summed E-state index contributed by atoms with van der Waals surface area (Å²) < 4.78 is 35.5. The number of hydrogen-bond acceptors (Lipinski definition) is 2. The van der Waals surface area contributed by atoms with Gasteiger partial charge in [0.05, 0.1) is 5.56 Å². The first-order valence-electron chi connectivity index (χ1n) is 2.60. The monoisotopic (exact) mass is 177 g/mol. The van der Waals surface area contributed by atoms with Crippen LogP contribution >= 0.6 is 11.3 Å². The highest BCUT2D eigenvalue weighted by Gasteiger charge is 2.31. The molecule has 0 unspecified atom stereocenters. The maximum absolute atomic E-state index is 11.8. The Morgan fingerprint density at radius 3 is 2.36 bits per heavy atom. The van der Waals surface area contributed by atoms with Crippen LogP contribution in [0.25, 0.3) is 0 Å². The van der Waals surface area contributed by atoms with Gasteiger partial charge in [-0.2, -0.15) is 18.4 Å². The molecular formula is C6H2F3NS. The molecule has 58 valence electrons. The van der Waals surface area contributed by atoms with Crippen LogP contribution in [0, 0.1) is 11.3 Å². The summed E-state index contributed by atoms with van der Waals surface area (Å²) in [7, 11) is 0. The Kier molecular flexibility index (Phi) is 1.87. The van der Waals surface area contributed by atoms with Crippen molar-refractivity contribution in [2.24, 2.45) is 0 Å². The lowest BCUT2D eigenvalue weighted by molar-refractivity contribution is -0.137. The molecule has 0 saturated carbocycles. The number of nitriles is 1. The number of rotatable bonds is 0. The van der Waals surface area contributed by atoms with Gasteiger partial charge in [-0.3, -0.25) is 0 Å². The van der Waals surface area contributed by atoms with Gasteiger partial charge in [0.1, 0.15) is 10.9 Å². The van der Waals surface area contributed by atoms with Crippen LogP contribution in [0.4, 0.5) is 13.2 Å². The third-order valence-corrected chi connectivity index (χ3v) is 1.87. The minimum Gasteiger partial charge on any atom is -0.192 e. The van der Waals surface area contributed by atoms with E-state index in [1.807, 2.05) is 0 Å². The van der Waals surface area contributed by atoms with Gasteiger partial charge in [-0.25, -0.2) is 0 Å². The lowest BCUT2D eigenvalue weighted by Gasteiger charge is -2.00. The van der Waals surface area contributed by atoms with E-state index in [-0.39, 0.29) is 4.88 Å². The highest BCUT2D eigenvalue weighted by Crippen LogP contribution is 2.32. The van der Waals surface area contributed by atoms with Crippen molar-refractivity contribution in [1.82, 2.24) is 0 Å². The van der Waals surface area contributed by atoms with E-state index in [0.29, 0.717) is 0 Å². The molecule has 0 N–H and O–H groups in total. The summed E-state index contributed by atoms with van der Waals surface area (Å²) in [5.74, 6) is 0. The molecule has 0 aromatic carbocycles. The van der Waals surface area contributed by atoms with Gasteiger partial charge in [0.15, 0.2) is 0 Å². The van der Waals surface area contributed by atoms with Gasteiger partial charge in [0.25, 0.3) is 0 Å². The number of thiophene rings is 1. The molecule has 1 aromatic heterocycles. The van der Waals surface area contributed by atoms with Crippen molar-refractivity contribution in [3.8, 4) is 6.07 Å². The second-order valence-corrected chi connectivity index (χ2v) is 2.72. The molecule has 5 heteroatoms. The number of alkyl halides is 3. The predicted octanol–water partition coefficient (Wildman–Crippen LogP) is 2.64. The van der Waals surface area contributed by atoms with Crippen molar-refractivity contribution in [1.29, 1.82) is 5.26 Å². The standard InChI is InChI=1S/C6H2F3NS/c7-6(8,9)4-1-5(2-10)11-3-4/h1,3H. The molecule has 0 fully saturated rings. The predicted molar refractivity (Wildman–Crippen MR) is 34.0 cm³/mol. The first kappa shape index (κ1) is 8.08. The summed E-state index contributed by atoms with van der Waals surface area (Å²) in [5, 5.41) is 9.14. The van der Waals surface area contributed by atoms with Crippen molar-refractivity contribution >= 4 is 11.3 Å². The van der Waals surface area contributed by atoms with Gasteiger partial charge in [0, 0.05) is 5.38 Å². The van der Waals surface area contributed by atoms with Crippen molar-refractivity contribution < 1.29 is 13.2 Å². The van der Waals surface area contributed by atoms with Gasteiger partial charge in [-0.1, -0.05) is 0 Å². The van der Waals surface area contributed by atoms with Crippen molar-refractivity contribution in [3.63, 3.8) is 0 Å². The zero-order valence-corrected chi connectivity index (χ0v) is 5.96. The van der Waals surface area contributed by atoms with E-state index >= 15 is 0 Å². The number of hydrogen-bond donors (Lipinski definition) is 0. The van der Waals surface area contributed by atoms with E-state index in [9.17, 15) is 13.2 Å². The molecule has 0 radical (unpaired) electrons. The largest absolute Gasteiger partial charge is 0.417 e. The minimum absolute atomic E-state index is 0.0809. The maximum Gasteiger partial charge on any atom is 0.417 e. The van der Waals surface area contributed by atoms with Crippen LogP contribution in [0.5, 0.6) is 0 Å². The van der Waals surface area contributed by atoms with Crippen LogP contribution in [-0.4, -0.2) is 0 Å². The van der Waals surface area contributed by atoms with E-state index in [2.05, 4.69) is 0 Å². The number of nitrogens with zero attached hydrogens (tertiary/aromatic N) is 1. The van der Waals surface area contributed by atoms with Crippen LogP contribution in [0.15, 0.2) is 11.4 Å². The second kappa shape index (κ2) is 2.55. The average Bonchev–Trinajstić information content (AvgIpc) is 2.32. The van der Waals surface area contributed by atoms with Crippen LogP contribution in [0.3, 0.4) is 0 Å². The van der Waals surface area contributed by atoms with Crippen molar-refractivity contribution in [2.45, 2.75) is 6.18 Å². The first-order valence-corrected chi connectivity index (χ1v) is 3.48. The maximum atomic E-state index is 11.8. The van der Waals surface area contributed by atoms with Gasteiger partial charge in [-0.15, -0.1) is 11.3 Å². The van der Waals surface area contributed by atoms with Crippen molar-refractivity contribution in [3.05, 3.63) is 21.9 Å². The second-order valence-electron chi connectivity index (χ2n) is 1.81. The molecule has 1 heterocycles. The quantitative estimate of drug-likeness (QED) is 0.597. The minimum atomic E-state index is -4.33. The summed E-state index contributed by atoms with van der Waals surface area (Å²) in [6.45, 7) is 0. The molecule has 0 bridgehead atoms. The fraction of sp³-hybridized carbons (Fsp3) is 0.167. The van der Waals surface area contributed by atoms with E-state index < -0.39 is 11.7 Å². The summed E-state index contributed by atoms with van der Waals surface area (Å²) in [6.07, 6.45) is -4.33. The van der Waals surface area contributed by atoms with E-state index in [0.717, 1.165) is 22.8 Å². The van der Waals surface area contributed by atoms with Gasteiger partial charge < -0.3 is 0 Å². The molecule has 0 saturated heterocycles. The smallest absolute Gasteiger partial charge is 0.192 e. The van der Waals surface area contributed by atoms with Crippen LogP contribution in [-0.2, 0) is 6.18 Å². The third-order valence-electron chi connectivity index (χ3n) is 1.04. The molecule has 1 aromatic rings. The van der Waals surface area contributed by atoms with Crippen LogP contribution in [0.2, 0.25) is 0 Å².